The average Bonchev–Trinajstić information content (AvgIpc) is 3.03. The molecule has 0 saturated carbocycles. The van der Waals surface area contributed by atoms with E-state index in [9.17, 15) is 9.59 Å². The van der Waals surface area contributed by atoms with Crippen LogP contribution in [0.15, 0.2) is 28.9 Å². The van der Waals surface area contributed by atoms with Crippen molar-refractivity contribution in [3.05, 3.63) is 30.2 Å². The first-order valence-corrected chi connectivity index (χ1v) is 9.03. The zero-order valence-corrected chi connectivity index (χ0v) is 16.5. The molecular formula is C20H31NO5. The molecule has 0 fully saturated rings. The minimum Gasteiger partial charge on any atom is -0.465 e. The van der Waals surface area contributed by atoms with Crippen molar-refractivity contribution in [2.24, 2.45) is 0 Å². The van der Waals surface area contributed by atoms with Crippen LogP contribution in [0.5, 0.6) is 0 Å². The van der Waals surface area contributed by atoms with Gasteiger partial charge in [0, 0.05) is 6.42 Å². The number of furan rings is 1. The largest absolute Gasteiger partial charge is 0.465 e. The third-order valence-corrected chi connectivity index (χ3v) is 3.46. The fourth-order valence-corrected chi connectivity index (χ4v) is 2.14. The molecule has 0 aliphatic rings. The highest BCUT2D eigenvalue weighted by Crippen LogP contribution is 2.15. The number of alkyl carbamates (subject to hydrolysis) is 1. The predicted octanol–water partition coefficient (Wildman–Crippen LogP) is 4.70. The first kappa shape index (κ1) is 21.8. The summed E-state index contributed by atoms with van der Waals surface area (Å²) in [6, 6.07) is 3.56. The second-order valence-corrected chi connectivity index (χ2v) is 7.51. The lowest BCUT2D eigenvalue weighted by molar-refractivity contribution is -0.145. The maximum absolute atomic E-state index is 12.2. The maximum atomic E-state index is 12.2. The van der Waals surface area contributed by atoms with Crippen molar-refractivity contribution in [1.82, 2.24) is 5.32 Å². The van der Waals surface area contributed by atoms with E-state index in [0.717, 1.165) is 19.3 Å². The highest BCUT2D eigenvalue weighted by molar-refractivity contribution is 5.71. The first-order chi connectivity index (χ1) is 12.1. The molecule has 0 radical (unpaired) electrons. The van der Waals surface area contributed by atoms with Crippen LogP contribution in [0.1, 0.15) is 66.1 Å². The molecule has 0 saturated heterocycles. The van der Waals surface area contributed by atoms with E-state index in [1.54, 1.807) is 58.2 Å². The number of esters is 1. The summed E-state index contributed by atoms with van der Waals surface area (Å²) in [6.07, 6.45) is 7.64. The van der Waals surface area contributed by atoms with Gasteiger partial charge in [-0.05, 0) is 52.3 Å². The number of hydrogen-bond donors (Lipinski definition) is 1. The average molecular weight is 365 g/mol. The molecule has 1 rings (SSSR count). The van der Waals surface area contributed by atoms with Crippen LogP contribution in [0.25, 0.3) is 6.08 Å². The van der Waals surface area contributed by atoms with Gasteiger partial charge >= 0.3 is 12.1 Å². The van der Waals surface area contributed by atoms with E-state index in [2.05, 4.69) is 12.2 Å². The molecule has 1 N–H and O–H groups in total. The molecule has 0 spiro atoms. The van der Waals surface area contributed by atoms with Gasteiger partial charge in [-0.15, -0.1) is 0 Å². The monoisotopic (exact) mass is 365 g/mol. The van der Waals surface area contributed by atoms with Gasteiger partial charge in [0.1, 0.15) is 18.0 Å². The minimum atomic E-state index is -0.921. The van der Waals surface area contributed by atoms with Crippen LogP contribution < -0.4 is 5.32 Å². The van der Waals surface area contributed by atoms with Gasteiger partial charge in [-0.25, -0.2) is 4.79 Å². The number of rotatable bonds is 9. The molecule has 0 bridgehead atoms. The van der Waals surface area contributed by atoms with Crippen LogP contribution in [0.3, 0.4) is 0 Å². The standard InChI is InChI=1S/C20H31NO5/c1-6-7-8-11-17(22)25-15-20(5,13-12-16-10-9-14-24-16)21-18(23)26-19(2,3)4/h9-10,12-14H,6-8,11,15H2,1-5H3,(H,21,23)/t20-/m1/s1. The van der Waals surface area contributed by atoms with E-state index >= 15 is 0 Å². The Morgan fingerprint density at radius 1 is 1.23 bits per heavy atom. The summed E-state index contributed by atoms with van der Waals surface area (Å²) < 4.78 is 15.9. The van der Waals surface area contributed by atoms with Gasteiger partial charge < -0.3 is 19.2 Å². The van der Waals surface area contributed by atoms with Crippen molar-refractivity contribution in [3.63, 3.8) is 0 Å². The molecule has 0 unspecified atom stereocenters. The van der Waals surface area contributed by atoms with Gasteiger partial charge in [-0.3, -0.25) is 4.79 Å². The van der Waals surface area contributed by atoms with Crippen LogP contribution in [-0.2, 0) is 14.3 Å². The molecule has 0 aromatic carbocycles. The molecule has 6 nitrogen and oxygen atoms in total. The van der Waals surface area contributed by atoms with Gasteiger partial charge in [0.25, 0.3) is 0 Å². The van der Waals surface area contributed by atoms with Crippen LogP contribution >= 0.6 is 0 Å². The Balaban J connectivity index is 2.73. The summed E-state index contributed by atoms with van der Waals surface area (Å²) in [5.41, 5.74) is -1.54. The molecule has 1 heterocycles. The van der Waals surface area contributed by atoms with Gasteiger partial charge in [0.2, 0.25) is 0 Å². The Hall–Kier alpha value is -2.24. The lowest BCUT2D eigenvalue weighted by atomic mass is 10.0. The van der Waals surface area contributed by atoms with Crippen molar-refractivity contribution in [1.29, 1.82) is 0 Å². The lowest BCUT2D eigenvalue weighted by Crippen LogP contribution is -2.50. The Labute approximate surface area is 155 Å². The van der Waals surface area contributed by atoms with Gasteiger partial charge in [-0.2, -0.15) is 0 Å². The number of carbonyl (C=O) groups excluding carboxylic acids is 2. The summed E-state index contributed by atoms with van der Waals surface area (Å²) in [5, 5.41) is 2.77. The van der Waals surface area contributed by atoms with Crippen LogP contribution in [-0.4, -0.2) is 29.8 Å². The molecule has 1 aromatic rings. The zero-order chi connectivity index (χ0) is 19.6. The van der Waals surface area contributed by atoms with Gasteiger partial charge in [0.05, 0.1) is 11.8 Å². The van der Waals surface area contributed by atoms with E-state index in [-0.39, 0.29) is 12.6 Å². The summed E-state index contributed by atoms with van der Waals surface area (Å²) in [5.74, 6) is 0.360. The van der Waals surface area contributed by atoms with E-state index in [4.69, 9.17) is 13.9 Å². The Bertz CT molecular complexity index is 586. The molecule has 0 aliphatic heterocycles. The second-order valence-electron chi connectivity index (χ2n) is 7.51. The topological polar surface area (TPSA) is 77.8 Å². The van der Waals surface area contributed by atoms with E-state index in [0.29, 0.717) is 12.2 Å². The molecule has 1 amide bonds. The van der Waals surface area contributed by atoms with E-state index in [1.165, 1.54) is 0 Å². The normalized spacial score (nSPS) is 14.0. The number of unbranched alkanes of at least 4 members (excludes halogenated alkanes) is 2. The fraction of sp³-hybridized carbons (Fsp3) is 0.600. The summed E-state index contributed by atoms with van der Waals surface area (Å²) >= 11 is 0. The molecular weight excluding hydrogens is 334 g/mol. The van der Waals surface area contributed by atoms with E-state index < -0.39 is 17.2 Å². The summed E-state index contributed by atoms with van der Waals surface area (Å²) in [4.78, 5) is 24.1. The van der Waals surface area contributed by atoms with Gasteiger partial charge in [-0.1, -0.05) is 25.8 Å². The van der Waals surface area contributed by atoms with Crippen LogP contribution in [0.4, 0.5) is 4.79 Å². The SMILES string of the molecule is CCCCCC(=O)OC[C@@](C)(C=Cc1ccco1)NC(=O)OC(C)(C)C. The molecule has 0 aliphatic carbocycles. The number of hydrogen-bond acceptors (Lipinski definition) is 5. The number of amides is 1. The molecule has 146 valence electrons. The summed E-state index contributed by atoms with van der Waals surface area (Å²) in [6.45, 7) is 9.21. The van der Waals surface area contributed by atoms with Crippen molar-refractivity contribution in [2.75, 3.05) is 6.61 Å². The molecule has 1 aromatic heterocycles. The van der Waals surface area contributed by atoms with Gasteiger partial charge in [0.15, 0.2) is 0 Å². The first-order valence-electron chi connectivity index (χ1n) is 9.03. The zero-order valence-electron chi connectivity index (χ0n) is 16.5. The third-order valence-electron chi connectivity index (χ3n) is 3.46. The number of nitrogens with one attached hydrogen (secondary N) is 1. The van der Waals surface area contributed by atoms with Crippen molar-refractivity contribution >= 4 is 18.1 Å². The highest BCUT2D eigenvalue weighted by atomic mass is 16.6. The Kier molecular flexibility index (Phi) is 8.42. The number of carbonyl (C=O) groups is 2. The van der Waals surface area contributed by atoms with Crippen molar-refractivity contribution < 1.29 is 23.5 Å². The van der Waals surface area contributed by atoms with Crippen molar-refractivity contribution in [2.45, 2.75) is 71.4 Å². The molecule has 1 atom stereocenters. The number of ether oxygens (including phenoxy) is 2. The smallest absolute Gasteiger partial charge is 0.408 e. The van der Waals surface area contributed by atoms with Crippen LogP contribution in [0, 0.1) is 0 Å². The Morgan fingerprint density at radius 2 is 1.96 bits per heavy atom. The second kappa shape index (κ2) is 10.0. The highest BCUT2D eigenvalue weighted by Gasteiger charge is 2.28. The van der Waals surface area contributed by atoms with Crippen molar-refractivity contribution in [3.8, 4) is 0 Å². The maximum Gasteiger partial charge on any atom is 0.408 e. The van der Waals surface area contributed by atoms with Crippen LogP contribution in [0.2, 0.25) is 0 Å². The third kappa shape index (κ3) is 9.30. The predicted molar refractivity (Wildman–Crippen MR) is 101 cm³/mol. The molecule has 26 heavy (non-hydrogen) atoms. The fourth-order valence-electron chi connectivity index (χ4n) is 2.14. The van der Waals surface area contributed by atoms with E-state index in [1.807, 2.05) is 0 Å². The Morgan fingerprint density at radius 3 is 2.54 bits per heavy atom. The lowest BCUT2D eigenvalue weighted by Gasteiger charge is -2.29. The molecule has 6 heteroatoms. The quantitative estimate of drug-likeness (QED) is 0.507. The minimum absolute atomic E-state index is 0.00834. The summed E-state index contributed by atoms with van der Waals surface area (Å²) in [7, 11) is 0.